The third kappa shape index (κ3) is 9.56. The largest absolute Gasteiger partial charge is 0.508 e. The highest BCUT2D eigenvalue weighted by molar-refractivity contribution is 5.99. The number of aryl methyl sites for hydroxylation is 1. The molecule has 6 bridgehead atoms. The van der Waals surface area contributed by atoms with E-state index in [0.717, 1.165) is 56.8 Å². The van der Waals surface area contributed by atoms with Crippen molar-refractivity contribution in [2.45, 2.75) is 104 Å². The molecule has 6 heterocycles. The number of nitrogens with one attached hydrogen (secondary N) is 3. The van der Waals surface area contributed by atoms with Crippen LogP contribution in [0.1, 0.15) is 99.4 Å². The van der Waals surface area contributed by atoms with Crippen molar-refractivity contribution in [3.05, 3.63) is 101 Å². The van der Waals surface area contributed by atoms with Crippen LogP contribution in [0.3, 0.4) is 0 Å². The average Bonchev–Trinajstić information content (AvgIpc) is 4.12. The fourth-order valence-corrected chi connectivity index (χ4v) is 9.59. The first-order valence-corrected chi connectivity index (χ1v) is 23.0. The number of cyclic esters (lactones) is 1. The van der Waals surface area contributed by atoms with Gasteiger partial charge in [-0.05, 0) is 110 Å². The zero-order valence-electron chi connectivity index (χ0n) is 39.2. The molecule has 2 aromatic carbocycles. The molecule has 5 atom stereocenters. The zero-order valence-corrected chi connectivity index (χ0v) is 39.2. The Balaban J connectivity index is 1.20. The molecule has 15 nitrogen and oxygen atoms in total. The monoisotopic (exact) mass is 898 g/mol. The molecule has 3 aromatic heterocycles. The highest BCUT2D eigenvalue weighted by atomic mass is 16.5. The van der Waals surface area contributed by atoms with E-state index in [1.807, 2.05) is 45.0 Å². The second kappa shape index (κ2) is 19.0. The van der Waals surface area contributed by atoms with Crippen molar-refractivity contribution in [3.8, 4) is 28.1 Å². The second-order valence-electron chi connectivity index (χ2n) is 19.1. The van der Waals surface area contributed by atoms with Crippen molar-refractivity contribution < 1.29 is 33.8 Å². The molecule has 8 rings (SSSR count). The van der Waals surface area contributed by atoms with Crippen LogP contribution >= 0.6 is 0 Å². The quantitative estimate of drug-likeness (QED) is 0.0911. The van der Waals surface area contributed by atoms with Gasteiger partial charge in [0.05, 0.1) is 41.4 Å². The number of rotatable bonds is 10. The molecule has 3 amide bonds. The summed E-state index contributed by atoms with van der Waals surface area (Å²) in [6.45, 7) is 13.9. The molecule has 0 radical (unpaired) electrons. The highest BCUT2D eigenvalue weighted by Gasteiger charge is 2.38. The van der Waals surface area contributed by atoms with Gasteiger partial charge in [0.2, 0.25) is 5.91 Å². The van der Waals surface area contributed by atoms with E-state index in [-0.39, 0.29) is 49.3 Å². The lowest BCUT2D eigenvalue weighted by Gasteiger charge is -2.36. The van der Waals surface area contributed by atoms with Crippen molar-refractivity contribution in [2.75, 3.05) is 33.9 Å². The summed E-state index contributed by atoms with van der Waals surface area (Å²) in [5.41, 5.74) is 10.8. The summed E-state index contributed by atoms with van der Waals surface area (Å²) in [7, 11) is 3.25. The van der Waals surface area contributed by atoms with Crippen LogP contribution in [0, 0.1) is 11.3 Å². The summed E-state index contributed by atoms with van der Waals surface area (Å²) in [5.74, 6) is -2.18. The number of phenols is 1. The van der Waals surface area contributed by atoms with E-state index in [2.05, 4.69) is 64.6 Å². The van der Waals surface area contributed by atoms with Crippen LogP contribution in [0.15, 0.2) is 73.1 Å². The number of benzene rings is 2. The number of phenolic OH excluding ortho intramolecular Hbond substituents is 1. The van der Waals surface area contributed by atoms with Gasteiger partial charge in [-0.3, -0.25) is 34.2 Å². The summed E-state index contributed by atoms with van der Waals surface area (Å²) in [6.07, 6.45) is 4.54. The number of nitrogens with zero attached hydrogens (tertiary/aromatic N) is 5. The Morgan fingerprint density at radius 1 is 1.05 bits per heavy atom. The lowest BCUT2D eigenvalue weighted by molar-refractivity contribution is -0.155. The molecule has 348 valence electrons. The molecule has 0 saturated carbocycles. The van der Waals surface area contributed by atoms with Gasteiger partial charge in [0.25, 0.3) is 11.8 Å². The van der Waals surface area contributed by atoms with E-state index < -0.39 is 41.3 Å². The Labute approximate surface area is 386 Å². The number of fused-ring (bicyclic) bond motifs is 6. The third-order valence-corrected chi connectivity index (χ3v) is 13.1. The maximum absolute atomic E-state index is 14.7. The number of carbonyl (C=O) groups is 4. The van der Waals surface area contributed by atoms with Crippen LogP contribution < -0.4 is 16.1 Å². The number of aromatic hydroxyl groups is 1. The summed E-state index contributed by atoms with van der Waals surface area (Å²) in [5, 5.41) is 19.9. The fourth-order valence-electron chi connectivity index (χ4n) is 9.59. The number of aromatic nitrogens is 3. The Hall–Kier alpha value is -6.16. The first-order chi connectivity index (χ1) is 31.6. The number of esters is 1. The molecule has 2 saturated heterocycles. The summed E-state index contributed by atoms with van der Waals surface area (Å²) in [4.78, 5) is 67.7. The predicted octanol–water partition coefficient (Wildman–Crippen LogP) is 6.29. The summed E-state index contributed by atoms with van der Waals surface area (Å²) in [6, 6.07) is 16.3. The third-order valence-electron chi connectivity index (χ3n) is 13.1. The van der Waals surface area contributed by atoms with Crippen LogP contribution in [0.5, 0.6) is 5.75 Å². The summed E-state index contributed by atoms with van der Waals surface area (Å²) < 4.78 is 14.2. The number of amides is 3. The van der Waals surface area contributed by atoms with Crippen molar-refractivity contribution in [1.29, 1.82) is 0 Å². The molecule has 0 unspecified atom stereocenters. The van der Waals surface area contributed by atoms with E-state index in [4.69, 9.17) is 14.5 Å². The van der Waals surface area contributed by atoms with E-state index in [1.54, 1.807) is 38.6 Å². The number of hydrogen-bond acceptors (Lipinski definition) is 11. The molecular formula is C51H62N8O7. The lowest BCUT2D eigenvalue weighted by Crippen LogP contribution is -2.62. The SMILES string of the molecule is CCn1c(-c2cccnc2[C@H](C)OC)c2c3cc(ccc31)-c1cc(O)cc(c1)C[C@H](NC(=O)[C@H](C(C)C)N(C)C(=O)c1ccc([C@@H]3CN3)nc1)C(=O)N1CCC[C@H](N1)C(=O)OCC(C)(C)C2. The minimum absolute atomic E-state index is 0.00182. The zero-order chi connectivity index (χ0) is 47.0. The van der Waals surface area contributed by atoms with Crippen LogP contribution in [0.2, 0.25) is 0 Å². The van der Waals surface area contributed by atoms with E-state index in [9.17, 15) is 24.3 Å². The molecule has 0 aliphatic carbocycles. The summed E-state index contributed by atoms with van der Waals surface area (Å²) >= 11 is 0. The Bertz CT molecular complexity index is 2640. The number of methoxy groups -OCH3 is 1. The van der Waals surface area contributed by atoms with Crippen LogP contribution in [0.25, 0.3) is 33.3 Å². The first-order valence-electron chi connectivity index (χ1n) is 23.0. The van der Waals surface area contributed by atoms with Gasteiger partial charge >= 0.3 is 5.97 Å². The molecule has 2 fully saturated rings. The number of likely N-dealkylation sites (N-methyl/N-ethyl adjacent to an activating group) is 1. The van der Waals surface area contributed by atoms with Crippen LogP contribution in [0.4, 0.5) is 0 Å². The molecule has 66 heavy (non-hydrogen) atoms. The van der Waals surface area contributed by atoms with Crippen LogP contribution in [-0.2, 0) is 43.2 Å². The number of ether oxygens (including phenoxy) is 2. The number of pyridine rings is 2. The maximum atomic E-state index is 14.7. The van der Waals surface area contributed by atoms with E-state index in [0.29, 0.717) is 36.9 Å². The smallest absolute Gasteiger partial charge is 0.324 e. The molecule has 5 aromatic rings. The Morgan fingerprint density at radius 2 is 1.83 bits per heavy atom. The highest BCUT2D eigenvalue weighted by Crippen LogP contribution is 2.42. The molecular weight excluding hydrogens is 837 g/mol. The molecule has 15 heteroatoms. The predicted molar refractivity (Wildman–Crippen MR) is 251 cm³/mol. The fraction of sp³-hybridized carbons (Fsp3) is 0.451. The Kier molecular flexibility index (Phi) is 13.3. The standard InChI is InChI=1S/C51H62N8O7/c1-9-58-43-17-15-32-24-37(43)38(46(58)36-12-10-18-52-44(36)30(4)65-8)25-51(5,6)28-66-50(64)40-13-11-19-59(56-40)49(63)41(22-31-20-34(32)23-35(60)21-31)55-47(61)45(29(2)3)57(7)48(62)33-14-16-39(53-26-33)42-27-54-42/h10,12,14-18,20-21,23-24,26,29-30,40-42,45,54,56,60H,9,11,13,19,22,25,27-28H2,1-8H3,(H,55,61)/t30-,40-,41-,42-,45-/m0/s1. The van der Waals surface area contributed by atoms with Gasteiger partial charge in [-0.1, -0.05) is 39.8 Å². The van der Waals surface area contributed by atoms with Crippen molar-refractivity contribution >= 4 is 34.6 Å². The number of hydrogen-bond donors (Lipinski definition) is 4. The van der Waals surface area contributed by atoms with Crippen LogP contribution in [-0.4, -0.2) is 105 Å². The number of carbonyl (C=O) groups excluding carboxylic acids is 4. The average molecular weight is 899 g/mol. The number of hydrazine groups is 1. The molecule has 3 aliphatic rings. The van der Waals surface area contributed by atoms with E-state index >= 15 is 0 Å². The van der Waals surface area contributed by atoms with Gasteiger partial charge in [-0.15, -0.1) is 0 Å². The van der Waals surface area contributed by atoms with Gasteiger partial charge in [-0.2, -0.15) is 0 Å². The minimum atomic E-state index is -1.15. The topological polar surface area (TPSA) is 190 Å². The van der Waals surface area contributed by atoms with Crippen molar-refractivity contribution in [1.82, 2.24) is 40.5 Å². The molecule has 3 aliphatic heterocycles. The minimum Gasteiger partial charge on any atom is -0.508 e. The molecule has 4 N–H and O–H groups in total. The van der Waals surface area contributed by atoms with Gasteiger partial charge < -0.3 is 34.7 Å². The lowest BCUT2D eigenvalue weighted by atomic mass is 9.84. The van der Waals surface area contributed by atoms with Gasteiger partial charge in [0.1, 0.15) is 23.9 Å². The van der Waals surface area contributed by atoms with Crippen molar-refractivity contribution in [2.24, 2.45) is 11.3 Å². The van der Waals surface area contributed by atoms with Gasteiger partial charge in [0, 0.05) is 74.5 Å². The maximum Gasteiger partial charge on any atom is 0.324 e. The Morgan fingerprint density at radius 3 is 2.53 bits per heavy atom. The second-order valence-corrected chi connectivity index (χ2v) is 19.1. The van der Waals surface area contributed by atoms with Gasteiger partial charge in [0.15, 0.2) is 0 Å². The normalized spacial score (nSPS) is 20.6. The van der Waals surface area contributed by atoms with Gasteiger partial charge in [-0.25, -0.2) is 5.43 Å². The van der Waals surface area contributed by atoms with Crippen molar-refractivity contribution in [3.63, 3.8) is 0 Å². The van der Waals surface area contributed by atoms with E-state index in [1.165, 1.54) is 16.1 Å². The first kappa shape index (κ1) is 46.4. The molecule has 0 spiro atoms.